The molecule has 18 heteroatoms. The lowest BCUT2D eigenvalue weighted by atomic mass is 9.90. The van der Waals surface area contributed by atoms with Gasteiger partial charge in [-0.3, -0.25) is 19.9 Å². The van der Waals surface area contributed by atoms with Gasteiger partial charge in [0, 0.05) is 26.2 Å². The molecule has 0 aliphatic rings. The Hall–Kier alpha value is -5.72. The molecule has 0 spiro atoms. The zero-order valence-electron chi connectivity index (χ0n) is 29.4. The van der Waals surface area contributed by atoms with Gasteiger partial charge in [-0.25, -0.2) is 9.59 Å². The van der Waals surface area contributed by atoms with Gasteiger partial charge in [-0.15, -0.1) is 0 Å². The molecule has 54 heavy (non-hydrogen) atoms. The first kappa shape index (κ1) is 44.4. The summed E-state index contributed by atoms with van der Waals surface area (Å²) in [5, 5.41) is 27.6. The molecule has 0 fully saturated rings. The van der Waals surface area contributed by atoms with Crippen molar-refractivity contribution in [2.24, 2.45) is 16.5 Å². The third-order valence-electron chi connectivity index (χ3n) is 7.15. The highest BCUT2D eigenvalue weighted by Gasteiger charge is 2.38. The van der Waals surface area contributed by atoms with E-state index in [1.165, 1.54) is 12.1 Å². The number of phenols is 1. The number of urea groups is 1. The minimum atomic E-state index is -5.08. The summed E-state index contributed by atoms with van der Waals surface area (Å²) in [5.41, 5.74) is 13.6. The number of benzene rings is 3. The molecule has 0 bridgehead atoms. The van der Waals surface area contributed by atoms with Gasteiger partial charge in [0.15, 0.2) is 5.96 Å². The molecule has 1 atom stereocenters. The van der Waals surface area contributed by atoms with Crippen molar-refractivity contribution in [1.29, 1.82) is 0 Å². The fourth-order valence-corrected chi connectivity index (χ4v) is 4.57. The number of ether oxygens (including phenoxy) is 2. The van der Waals surface area contributed by atoms with Crippen LogP contribution in [0.5, 0.6) is 5.75 Å². The van der Waals surface area contributed by atoms with Crippen LogP contribution in [0.15, 0.2) is 89.9 Å². The number of nitrogens with one attached hydrogen (secondary N) is 4. The first-order valence-electron chi connectivity index (χ1n) is 16.8. The van der Waals surface area contributed by atoms with Crippen molar-refractivity contribution in [3.8, 4) is 5.75 Å². The second-order valence-corrected chi connectivity index (χ2v) is 11.3. The van der Waals surface area contributed by atoms with Crippen molar-refractivity contribution in [3.63, 3.8) is 0 Å². The number of aliphatic carboxylic acids is 1. The van der Waals surface area contributed by atoms with Crippen LogP contribution in [0, 0.1) is 0 Å². The number of aliphatic imine (C=N–C) groups is 1. The summed E-state index contributed by atoms with van der Waals surface area (Å²) >= 11 is 0. The topological polar surface area (TPSA) is 240 Å². The number of nitrogens with two attached hydrogens (primary N) is 2. The lowest BCUT2D eigenvalue weighted by Gasteiger charge is -2.23. The minimum absolute atomic E-state index is 0.0795. The predicted molar refractivity (Wildman–Crippen MR) is 193 cm³/mol. The Kier molecular flexibility index (Phi) is 20.2. The zero-order chi connectivity index (χ0) is 39.8. The van der Waals surface area contributed by atoms with E-state index >= 15 is 0 Å². The summed E-state index contributed by atoms with van der Waals surface area (Å²) < 4.78 is 42.3. The fourth-order valence-electron chi connectivity index (χ4n) is 4.57. The van der Waals surface area contributed by atoms with Crippen LogP contribution >= 0.6 is 0 Å². The Morgan fingerprint density at radius 2 is 1.35 bits per heavy atom. The number of amides is 4. The number of nitrogens with zero attached hydrogens (tertiary/aromatic N) is 1. The van der Waals surface area contributed by atoms with E-state index in [0.717, 1.165) is 16.7 Å². The second-order valence-electron chi connectivity index (χ2n) is 11.3. The van der Waals surface area contributed by atoms with Gasteiger partial charge in [0.2, 0.25) is 11.8 Å². The molecule has 0 saturated heterocycles. The molecule has 294 valence electrons. The van der Waals surface area contributed by atoms with Gasteiger partial charge in [-0.2, -0.15) is 13.2 Å². The normalized spacial score (nSPS) is 11.8. The number of hydrogen-bond donors (Lipinski definition) is 8. The molecular formula is C36H46F3N7O8. The second kappa shape index (κ2) is 24.5. The van der Waals surface area contributed by atoms with Crippen molar-refractivity contribution in [2.75, 3.05) is 46.1 Å². The summed E-state index contributed by atoms with van der Waals surface area (Å²) in [6.07, 6.45) is -4.43. The van der Waals surface area contributed by atoms with Gasteiger partial charge in [-0.1, -0.05) is 72.8 Å². The van der Waals surface area contributed by atoms with Crippen LogP contribution in [-0.2, 0) is 30.4 Å². The number of carboxylic acids is 1. The van der Waals surface area contributed by atoms with E-state index in [-0.39, 0.29) is 49.6 Å². The molecule has 0 heterocycles. The standard InChI is InChI=1S/C34H45N7O6.C2HF3O2/c35-17-20-46-22-23-47-21-19-38-34(45)41-33(36)37-18-7-12-29(31(43)39-24-25-13-15-28(42)16-14-25)40-32(44)30(26-8-3-1-4-9-26)27-10-5-2-6-11-27;3-2(4,5)1(6)7/h1-6,8-11,13-16,29-30,42H,7,12,17-24,35H2,(H,39,43)(H,40,44)(H4,36,37,38,41,45);(H,6,7)/t29-;/m0./s1. The number of carboxylic acid groups (broad SMARTS) is 1. The molecule has 10 N–H and O–H groups in total. The largest absolute Gasteiger partial charge is 0.508 e. The number of carbonyl (C=O) groups is 4. The maximum Gasteiger partial charge on any atom is 0.490 e. The molecule has 4 amide bonds. The molecular weight excluding hydrogens is 715 g/mol. The highest BCUT2D eigenvalue weighted by Crippen LogP contribution is 2.25. The third-order valence-corrected chi connectivity index (χ3v) is 7.15. The van der Waals surface area contributed by atoms with Crippen molar-refractivity contribution >= 4 is 29.8 Å². The third kappa shape index (κ3) is 18.2. The molecule has 0 saturated carbocycles. The van der Waals surface area contributed by atoms with Crippen molar-refractivity contribution < 1.29 is 52.0 Å². The van der Waals surface area contributed by atoms with Crippen LogP contribution in [0.4, 0.5) is 18.0 Å². The fraction of sp³-hybridized carbons (Fsp3) is 0.361. The Morgan fingerprint density at radius 1 is 0.796 bits per heavy atom. The molecule has 3 aromatic carbocycles. The summed E-state index contributed by atoms with van der Waals surface area (Å²) in [6, 6.07) is 23.8. The maximum absolute atomic E-state index is 13.8. The number of phenolic OH excluding ortho intramolecular Hbond substituents is 1. The monoisotopic (exact) mass is 761 g/mol. The van der Waals surface area contributed by atoms with Gasteiger partial charge >= 0.3 is 18.2 Å². The smallest absolute Gasteiger partial charge is 0.490 e. The van der Waals surface area contributed by atoms with Gasteiger partial charge in [0.1, 0.15) is 11.8 Å². The quantitative estimate of drug-likeness (QED) is 0.0504. The first-order chi connectivity index (χ1) is 25.8. The molecule has 0 unspecified atom stereocenters. The lowest BCUT2D eigenvalue weighted by Crippen LogP contribution is -2.48. The number of rotatable bonds is 19. The van der Waals surface area contributed by atoms with E-state index in [4.69, 9.17) is 30.8 Å². The van der Waals surface area contributed by atoms with Gasteiger partial charge in [0.25, 0.3) is 0 Å². The molecule has 15 nitrogen and oxygen atoms in total. The number of guanidine groups is 1. The van der Waals surface area contributed by atoms with Gasteiger partial charge in [-0.05, 0) is 41.7 Å². The van der Waals surface area contributed by atoms with Crippen LogP contribution in [-0.4, -0.2) is 98.3 Å². The van der Waals surface area contributed by atoms with Crippen molar-refractivity contribution in [2.45, 2.75) is 37.5 Å². The predicted octanol–water partition coefficient (Wildman–Crippen LogP) is 2.34. The van der Waals surface area contributed by atoms with Crippen molar-refractivity contribution in [1.82, 2.24) is 21.3 Å². The van der Waals surface area contributed by atoms with E-state index in [0.29, 0.717) is 39.4 Å². The zero-order valence-corrected chi connectivity index (χ0v) is 29.4. The van der Waals surface area contributed by atoms with Crippen molar-refractivity contribution in [3.05, 3.63) is 102 Å². The summed E-state index contributed by atoms with van der Waals surface area (Å²) in [4.78, 5) is 52.3. The van der Waals surface area contributed by atoms with E-state index in [2.05, 4.69) is 26.3 Å². The highest BCUT2D eigenvalue weighted by molar-refractivity contribution is 5.95. The molecule has 0 aromatic heterocycles. The summed E-state index contributed by atoms with van der Waals surface area (Å²) in [5.74, 6) is -4.03. The first-order valence-corrected chi connectivity index (χ1v) is 16.8. The van der Waals surface area contributed by atoms with Crippen LogP contribution in [0.1, 0.15) is 35.4 Å². The number of aromatic hydroxyl groups is 1. The number of alkyl halides is 3. The van der Waals surface area contributed by atoms with E-state index in [1.54, 1.807) is 12.1 Å². The maximum atomic E-state index is 13.8. The summed E-state index contributed by atoms with van der Waals surface area (Å²) in [6.45, 7) is 2.71. The molecule has 0 aliphatic carbocycles. The Balaban J connectivity index is 0.00000131. The highest BCUT2D eigenvalue weighted by atomic mass is 19.4. The Labute approximate surface area is 310 Å². The number of carbonyl (C=O) groups excluding carboxylic acids is 3. The van der Waals surface area contributed by atoms with Crippen LogP contribution < -0.4 is 32.7 Å². The number of hydrogen-bond acceptors (Lipinski definition) is 9. The van der Waals surface area contributed by atoms with E-state index in [1.807, 2.05) is 60.7 Å². The average Bonchev–Trinajstić information content (AvgIpc) is 3.14. The van der Waals surface area contributed by atoms with Gasteiger partial charge < -0.3 is 47.1 Å². The number of halogens is 3. The average molecular weight is 762 g/mol. The van der Waals surface area contributed by atoms with Crippen LogP contribution in [0.25, 0.3) is 0 Å². The van der Waals surface area contributed by atoms with Gasteiger partial charge in [0.05, 0.1) is 32.3 Å². The molecule has 0 aliphatic heterocycles. The molecule has 3 aromatic rings. The van der Waals surface area contributed by atoms with E-state index in [9.17, 15) is 32.7 Å². The SMILES string of the molecule is NCCOCCOCCNC(=O)NC(N)=NCCC[C@H](NC(=O)C(c1ccccc1)c1ccccc1)C(=O)NCc1ccc(O)cc1.O=C(O)C(F)(F)F. The van der Waals surface area contributed by atoms with Crippen LogP contribution in [0.3, 0.4) is 0 Å². The Bertz CT molecular complexity index is 1560. The van der Waals surface area contributed by atoms with Crippen LogP contribution in [0.2, 0.25) is 0 Å². The lowest BCUT2D eigenvalue weighted by molar-refractivity contribution is -0.192. The minimum Gasteiger partial charge on any atom is -0.508 e. The summed E-state index contributed by atoms with van der Waals surface area (Å²) in [7, 11) is 0. The molecule has 3 rings (SSSR count). The molecule has 0 radical (unpaired) electrons. The Morgan fingerprint density at radius 3 is 1.89 bits per heavy atom. The van der Waals surface area contributed by atoms with E-state index < -0.39 is 30.1 Å².